The maximum Gasteiger partial charge on any atom is 0.430 e. The average Bonchev–Trinajstić information content (AvgIpc) is 2.32. The molecule has 1 radical (unpaired) electrons. The number of hydrogen-bond acceptors (Lipinski definition) is 2. The maximum atomic E-state index is 13.1. The van der Waals surface area contributed by atoms with Crippen LogP contribution in [0, 0.1) is 6.07 Å². The van der Waals surface area contributed by atoms with Crippen LogP contribution in [0.25, 0.3) is 0 Å². The van der Waals surface area contributed by atoms with E-state index >= 15 is 0 Å². The van der Waals surface area contributed by atoms with Crippen molar-refractivity contribution in [3.63, 3.8) is 0 Å². The van der Waals surface area contributed by atoms with E-state index < -0.39 is 30.3 Å². The van der Waals surface area contributed by atoms with Crippen molar-refractivity contribution in [2.75, 3.05) is 13.4 Å². The number of halogens is 6. The van der Waals surface area contributed by atoms with Crippen LogP contribution in [-0.2, 0) is 15.1 Å². The molecule has 0 aliphatic heterocycles. The fraction of sp³-hybridized carbons (Fsp3) is 0.500. The summed E-state index contributed by atoms with van der Waals surface area (Å²) in [7, 11) is 0. The van der Waals surface area contributed by atoms with Crippen molar-refractivity contribution in [1.82, 2.24) is 0 Å². The molecule has 1 aromatic rings. The van der Waals surface area contributed by atoms with Crippen molar-refractivity contribution in [3.05, 3.63) is 35.9 Å². The summed E-state index contributed by atoms with van der Waals surface area (Å²) < 4.78 is 87.0. The highest BCUT2D eigenvalue weighted by Gasteiger charge is 2.73. The Hall–Kier alpha value is -1.28. The zero-order chi connectivity index (χ0) is 15.4. The van der Waals surface area contributed by atoms with E-state index in [-0.39, 0.29) is 6.61 Å². The summed E-state index contributed by atoms with van der Waals surface area (Å²) in [6.45, 7) is 0.214. The van der Waals surface area contributed by atoms with Crippen LogP contribution in [0.1, 0.15) is 12.5 Å². The van der Waals surface area contributed by atoms with E-state index in [9.17, 15) is 26.3 Å². The van der Waals surface area contributed by atoms with Gasteiger partial charge in [-0.05, 0) is 13.0 Å². The molecule has 2 nitrogen and oxygen atoms in total. The van der Waals surface area contributed by atoms with Gasteiger partial charge in [-0.3, -0.25) is 0 Å². The van der Waals surface area contributed by atoms with Crippen molar-refractivity contribution < 1.29 is 35.8 Å². The summed E-state index contributed by atoms with van der Waals surface area (Å²) in [6, 6.07) is 5.57. The van der Waals surface area contributed by atoms with Crippen LogP contribution >= 0.6 is 0 Å². The molecule has 20 heavy (non-hydrogen) atoms. The third-order valence-corrected chi connectivity index (χ3v) is 2.49. The Kier molecular flexibility index (Phi) is 5.04. The first kappa shape index (κ1) is 16.8. The summed E-state index contributed by atoms with van der Waals surface area (Å²) in [6.07, 6.45) is -11.4. The smallest absolute Gasteiger partial charge is 0.356 e. The lowest BCUT2D eigenvalue weighted by Crippen LogP contribution is -2.56. The Balaban J connectivity index is 3.36. The van der Waals surface area contributed by atoms with Crippen LogP contribution in [0.3, 0.4) is 0 Å². The minimum Gasteiger partial charge on any atom is -0.356 e. The molecule has 0 fully saturated rings. The molecular formula is C12H11F6O2. The van der Waals surface area contributed by atoms with E-state index in [1.807, 2.05) is 0 Å². The van der Waals surface area contributed by atoms with Gasteiger partial charge in [-0.25, -0.2) is 0 Å². The molecule has 113 valence electrons. The standard InChI is InChI=1S/C12H11F6O2/c1-2-19-8-20-10(11(13,14)15,12(16,17)18)9-6-4-3-5-7-9/h4-7H,2,8H2,1H3. The normalized spacial score (nSPS) is 13.6. The van der Waals surface area contributed by atoms with E-state index in [0.29, 0.717) is 12.1 Å². The first-order valence-electron chi connectivity index (χ1n) is 5.48. The zero-order valence-electron chi connectivity index (χ0n) is 10.3. The van der Waals surface area contributed by atoms with Gasteiger partial charge in [-0.1, -0.05) is 24.3 Å². The van der Waals surface area contributed by atoms with Gasteiger partial charge in [0.05, 0.1) is 0 Å². The summed E-state index contributed by atoms with van der Waals surface area (Å²) in [5.41, 5.74) is -5.50. The number of hydrogen-bond donors (Lipinski definition) is 0. The number of rotatable bonds is 5. The van der Waals surface area contributed by atoms with Crippen LogP contribution in [0.5, 0.6) is 0 Å². The summed E-state index contributed by atoms with van der Waals surface area (Å²) in [4.78, 5) is 0. The van der Waals surface area contributed by atoms with Crippen molar-refractivity contribution in [2.24, 2.45) is 0 Å². The molecule has 8 heteroatoms. The number of benzene rings is 1. The van der Waals surface area contributed by atoms with Crippen molar-refractivity contribution in [1.29, 1.82) is 0 Å². The number of ether oxygens (including phenoxy) is 2. The van der Waals surface area contributed by atoms with E-state index in [0.717, 1.165) is 12.1 Å². The first-order chi connectivity index (χ1) is 9.17. The highest BCUT2D eigenvalue weighted by atomic mass is 19.4. The second kappa shape index (κ2) is 6.01. The second-order valence-electron chi connectivity index (χ2n) is 3.72. The van der Waals surface area contributed by atoms with Gasteiger partial charge in [0.15, 0.2) is 0 Å². The Labute approximate surface area is 111 Å². The topological polar surface area (TPSA) is 18.5 Å². The van der Waals surface area contributed by atoms with Gasteiger partial charge < -0.3 is 9.47 Å². The highest BCUT2D eigenvalue weighted by Crippen LogP contribution is 2.52. The first-order valence-corrected chi connectivity index (χ1v) is 5.48. The van der Waals surface area contributed by atoms with Crippen LogP contribution in [0.4, 0.5) is 26.3 Å². The third-order valence-electron chi connectivity index (χ3n) is 2.49. The quantitative estimate of drug-likeness (QED) is 0.468. The molecule has 1 aromatic carbocycles. The molecule has 0 amide bonds. The summed E-state index contributed by atoms with van der Waals surface area (Å²) in [5, 5.41) is 0. The van der Waals surface area contributed by atoms with Gasteiger partial charge in [-0.2, -0.15) is 26.3 Å². The molecule has 0 heterocycles. The van der Waals surface area contributed by atoms with Gasteiger partial charge in [0.1, 0.15) is 6.79 Å². The SMILES string of the molecule is CCOCOC(c1cc[c]cc1)(C(F)(F)F)C(F)(F)F. The molecule has 0 aliphatic rings. The van der Waals surface area contributed by atoms with Crippen LogP contribution in [0.15, 0.2) is 24.3 Å². The van der Waals surface area contributed by atoms with Crippen LogP contribution in [-0.4, -0.2) is 25.8 Å². The van der Waals surface area contributed by atoms with Crippen molar-refractivity contribution in [2.45, 2.75) is 24.9 Å². The lowest BCUT2D eigenvalue weighted by atomic mass is 9.92. The molecule has 0 saturated heterocycles. The molecule has 0 N–H and O–H groups in total. The molecule has 0 atom stereocenters. The van der Waals surface area contributed by atoms with E-state index in [1.165, 1.54) is 6.92 Å². The van der Waals surface area contributed by atoms with Gasteiger partial charge >= 0.3 is 12.4 Å². The van der Waals surface area contributed by atoms with Gasteiger partial charge in [0, 0.05) is 12.2 Å². The average molecular weight is 301 g/mol. The Morgan fingerprint density at radius 1 is 1.00 bits per heavy atom. The molecule has 0 bridgehead atoms. The fourth-order valence-electron chi connectivity index (χ4n) is 1.57. The predicted octanol–water partition coefficient (Wildman–Crippen LogP) is 3.82. The van der Waals surface area contributed by atoms with E-state index in [1.54, 1.807) is 0 Å². The fourth-order valence-corrected chi connectivity index (χ4v) is 1.57. The van der Waals surface area contributed by atoms with Crippen LogP contribution in [0.2, 0.25) is 0 Å². The molecule has 0 aliphatic carbocycles. The minimum atomic E-state index is -5.69. The van der Waals surface area contributed by atoms with E-state index in [4.69, 9.17) is 0 Å². The summed E-state index contributed by atoms with van der Waals surface area (Å²) in [5.74, 6) is 0. The highest BCUT2D eigenvalue weighted by molar-refractivity contribution is 5.26. The number of alkyl halides is 6. The van der Waals surface area contributed by atoms with Crippen LogP contribution < -0.4 is 0 Å². The van der Waals surface area contributed by atoms with Gasteiger partial charge in [-0.15, -0.1) is 0 Å². The van der Waals surface area contributed by atoms with E-state index in [2.05, 4.69) is 15.5 Å². The monoisotopic (exact) mass is 301 g/mol. The van der Waals surface area contributed by atoms with Crippen molar-refractivity contribution in [3.8, 4) is 0 Å². The molecule has 0 unspecified atom stereocenters. The molecule has 0 saturated carbocycles. The van der Waals surface area contributed by atoms with Crippen molar-refractivity contribution >= 4 is 0 Å². The maximum absolute atomic E-state index is 13.1. The van der Waals surface area contributed by atoms with Gasteiger partial charge in [0.2, 0.25) is 0 Å². The Bertz CT molecular complexity index is 398. The third kappa shape index (κ3) is 3.06. The molecule has 1 rings (SSSR count). The lowest BCUT2D eigenvalue weighted by molar-refractivity contribution is -0.401. The summed E-state index contributed by atoms with van der Waals surface area (Å²) >= 11 is 0. The molecular weight excluding hydrogens is 290 g/mol. The van der Waals surface area contributed by atoms with Gasteiger partial charge in [0.25, 0.3) is 5.60 Å². The Morgan fingerprint density at radius 3 is 1.90 bits per heavy atom. The predicted molar refractivity (Wildman–Crippen MR) is 56.6 cm³/mol. The zero-order valence-corrected chi connectivity index (χ0v) is 10.3. The lowest BCUT2D eigenvalue weighted by Gasteiger charge is -2.37. The molecule has 0 spiro atoms. The Morgan fingerprint density at radius 2 is 1.50 bits per heavy atom. The molecule has 0 aromatic heterocycles. The second-order valence-corrected chi connectivity index (χ2v) is 3.72. The minimum absolute atomic E-state index is 0.0750. The largest absolute Gasteiger partial charge is 0.430 e.